The second-order valence-electron chi connectivity index (χ2n) is 5.43. The minimum Gasteiger partial charge on any atom is -0.478 e. The number of carboxylic acid groups (broad SMARTS) is 1. The summed E-state index contributed by atoms with van der Waals surface area (Å²) < 4.78 is 0. The van der Waals surface area contributed by atoms with Crippen molar-refractivity contribution in [1.82, 2.24) is 10.2 Å². The van der Waals surface area contributed by atoms with Crippen molar-refractivity contribution in [1.29, 1.82) is 5.26 Å². The zero-order chi connectivity index (χ0) is 19.3. The Morgan fingerprint density at radius 2 is 2.04 bits per heavy atom. The van der Waals surface area contributed by atoms with Crippen molar-refractivity contribution in [3.63, 3.8) is 0 Å². The molecular formula is C17H15ClN4O4. The number of benzene rings is 1. The first kappa shape index (κ1) is 19.0. The molecule has 1 aromatic carbocycles. The molecule has 1 aliphatic heterocycles. The van der Waals surface area contributed by atoms with Crippen LogP contribution in [0.15, 0.2) is 47.2 Å². The van der Waals surface area contributed by atoms with Crippen LogP contribution in [0.5, 0.6) is 0 Å². The van der Waals surface area contributed by atoms with Gasteiger partial charge in [0.15, 0.2) is 6.19 Å². The van der Waals surface area contributed by atoms with Crippen molar-refractivity contribution in [3.05, 3.63) is 57.8 Å². The van der Waals surface area contributed by atoms with Crippen LogP contribution in [0.2, 0.25) is 5.02 Å². The van der Waals surface area contributed by atoms with E-state index in [1.165, 1.54) is 11.1 Å². The molecule has 2 rings (SSSR count). The molecule has 0 saturated heterocycles. The molecule has 0 aromatic heterocycles. The van der Waals surface area contributed by atoms with E-state index < -0.39 is 17.8 Å². The van der Waals surface area contributed by atoms with Crippen LogP contribution in [-0.2, 0) is 20.8 Å². The van der Waals surface area contributed by atoms with E-state index in [0.717, 1.165) is 11.6 Å². The Morgan fingerprint density at radius 3 is 2.62 bits per heavy atom. The number of nitrogens with zero attached hydrogens (tertiary/aromatic N) is 2. The van der Waals surface area contributed by atoms with E-state index in [9.17, 15) is 19.5 Å². The highest BCUT2D eigenvalue weighted by Gasteiger charge is 2.30. The van der Waals surface area contributed by atoms with Crippen molar-refractivity contribution < 1.29 is 19.5 Å². The van der Waals surface area contributed by atoms with Gasteiger partial charge in [0.05, 0.1) is 17.7 Å². The van der Waals surface area contributed by atoms with Gasteiger partial charge in [0.1, 0.15) is 5.70 Å². The summed E-state index contributed by atoms with van der Waals surface area (Å²) >= 11 is 6.11. The van der Waals surface area contributed by atoms with Crippen molar-refractivity contribution in [2.24, 2.45) is 5.73 Å². The van der Waals surface area contributed by atoms with Gasteiger partial charge in [-0.25, -0.2) is 4.79 Å². The molecule has 0 unspecified atom stereocenters. The van der Waals surface area contributed by atoms with E-state index in [4.69, 9.17) is 22.6 Å². The second-order valence-corrected chi connectivity index (χ2v) is 5.84. The lowest BCUT2D eigenvalue weighted by Gasteiger charge is -2.30. The lowest BCUT2D eigenvalue weighted by atomic mass is 10.0. The fourth-order valence-electron chi connectivity index (χ4n) is 2.60. The van der Waals surface area contributed by atoms with Gasteiger partial charge >= 0.3 is 5.97 Å². The Bertz CT molecular complexity index is 870. The molecule has 0 radical (unpaired) electrons. The number of nitriles is 1. The number of primary amides is 1. The zero-order valence-electron chi connectivity index (χ0n) is 13.5. The Labute approximate surface area is 154 Å². The second kappa shape index (κ2) is 8.18. The van der Waals surface area contributed by atoms with Crippen LogP contribution in [0.25, 0.3) is 0 Å². The van der Waals surface area contributed by atoms with Crippen molar-refractivity contribution in [2.45, 2.75) is 6.42 Å². The molecule has 1 heterocycles. The number of aliphatic carboxylic acids is 1. The van der Waals surface area contributed by atoms with Gasteiger partial charge in [0, 0.05) is 11.6 Å². The Balaban J connectivity index is 2.40. The molecule has 0 saturated carbocycles. The SMILES string of the molecule is N#CNC(=O)C1=C(C(N)=O)N(CCc2ccccc2Cl)CC(C(=O)O)=C1. The summed E-state index contributed by atoms with van der Waals surface area (Å²) in [6, 6.07) is 7.09. The predicted octanol–water partition coefficient (Wildman–Crippen LogP) is 0.546. The van der Waals surface area contributed by atoms with Crippen molar-refractivity contribution in [2.75, 3.05) is 13.1 Å². The average Bonchev–Trinajstić information content (AvgIpc) is 2.60. The molecule has 8 nitrogen and oxygen atoms in total. The lowest BCUT2D eigenvalue weighted by Crippen LogP contribution is -2.41. The predicted molar refractivity (Wildman–Crippen MR) is 92.4 cm³/mol. The normalized spacial score (nSPS) is 13.7. The summed E-state index contributed by atoms with van der Waals surface area (Å²) in [5.41, 5.74) is 5.69. The van der Waals surface area contributed by atoms with Crippen molar-refractivity contribution >= 4 is 29.4 Å². The Kier molecular flexibility index (Phi) is 5.98. The molecule has 0 aliphatic carbocycles. The van der Waals surface area contributed by atoms with E-state index >= 15 is 0 Å². The molecule has 2 amide bonds. The maximum Gasteiger partial charge on any atom is 0.333 e. The summed E-state index contributed by atoms with van der Waals surface area (Å²) in [4.78, 5) is 36.7. The van der Waals surface area contributed by atoms with Crippen LogP contribution < -0.4 is 11.1 Å². The van der Waals surface area contributed by atoms with Gasteiger partial charge in [-0.2, -0.15) is 5.26 Å². The number of nitrogens with two attached hydrogens (primary N) is 1. The number of hydrogen-bond donors (Lipinski definition) is 3. The average molecular weight is 375 g/mol. The van der Waals surface area contributed by atoms with E-state index in [1.807, 2.05) is 5.32 Å². The van der Waals surface area contributed by atoms with Gasteiger partial charge in [-0.1, -0.05) is 29.8 Å². The van der Waals surface area contributed by atoms with E-state index in [1.54, 1.807) is 24.3 Å². The van der Waals surface area contributed by atoms with Crippen LogP contribution in [0.1, 0.15) is 5.56 Å². The monoisotopic (exact) mass is 374 g/mol. The largest absolute Gasteiger partial charge is 0.478 e. The molecule has 26 heavy (non-hydrogen) atoms. The van der Waals surface area contributed by atoms with Gasteiger partial charge in [-0.05, 0) is 24.1 Å². The minimum absolute atomic E-state index is 0.0998. The molecule has 134 valence electrons. The molecule has 0 fully saturated rings. The zero-order valence-corrected chi connectivity index (χ0v) is 14.3. The maximum atomic E-state index is 12.1. The summed E-state index contributed by atoms with van der Waals surface area (Å²) in [6.07, 6.45) is 2.91. The molecule has 1 aliphatic rings. The van der Waals surface area contributed by atoms with Crippen LogP contribution in [0.4, 0.5) is 0 Å². The van der Waals surface area contributed by atoms with Gasteiger partial charge in [-0.15, -0.1) is 0 Å². The summed E-state index contributed by atoms with van der Waals surface area (Å²) in [7, 11) is 0. The molecular weight excluding hydrogens is 360 g/mol. The third-order valence-electron chi connectivity index (χ3n) is 3.78. The number of carboxylic acids is 1. The third kappa shape index (κ3) is 4.20. The van der Waals surface area contributed by atoms with Crippen LogP contribution >= 0.6 is 11.6 Å². The molecule has 0 spiro atoms. The highest BCUT2D eigenvalue weighted by atomic mass is 35.5. The third-order valence-corrected chi connectivity index (χ3v) is 4.15. The van der Waals surface area contributed by atoms with Gasteiger partial charge in [-0.3, -0.25) is 14.9 Å². The van der Waals surface area contributed by atoms with E-state index in [0.29, 0.717) is 11.4 Å². The number of hydrogen-bond acceptors (Lipinski definition) is 5. The Hall–Kier alpha value is -3.31. The van der Waals surface area contributed by atoms with Gasteiger partial charge in [0.25, 0.3) is 11.8 Å². The fraction of sp³-hybridized carbons (Fsp3) is 0.176. The fourth-order valence-corrected chi connectivity index (χ4v) is 2.83. The maximum absolute atomic E-state index is 12.1. The smallest absolute Gasteiger partial charge is 0.333 e. The number of nitrogens with one attached hydrogen (secondary N) is 1. The number of carbonyl (C=O) groups is 3. The highest BCUT2D eigenvalue weighted by Crippen LogP contribution is 2.23. The van der Waals surface area contributed by atoms with E-state index in [-0.39, 0.29) is 29.9 Å². The number of amides is 2. The molecule has 0 atom stereocenters. The molecule has 0 bridgehead atoms. The first-order valence-corrected chi connectivity index (χ1v) is 7.88. The first-order valence-electron chi connectivity index (χ1n) is 7.51. The van der Waals surface area contributed by atoms with Crippen LogP contribution in [-0.4, -0.2) is 40.9 Å². The topological polar surface area (TPSA) is 137 Å². The van der Waals surface area contributed by atoms with Gasteiger partial charge in [0.2, 0.25) is 0 Å². The van der Waals surface area contributed by atoms with E-state index in [2.05, 4.69) is 0 Å². The summed E-state index contributed by atoms with van der Waals surface area (Å²) in [6.45, 7) is 0.0946. The standard InChI is InChI=1S/C17H15ClN4O4/c18-13-4-2-1-3-10(13)5-6-22-8-11(17(25)26)7-12(14(22)15(20)23)16(24)21-9-19/h1-4,7H,5-6,8H2,(H2,20,23)(H,21,24)(H,25,26). The number of rotatable bonds is 6. The minimum atomic E-state index is -1.24. The lowest BCUT2D eigenvalue weighted by molar-refractivity contribution is -0.133. The first-order chi connectivity index (χ1) is 12.3. The van der Waals surface area contributed by atoms with Crippen molar-refractivity contribution in [3.8, 4) is 6.19 Å². The number of halogens is 1. The summed E-state index contributed by atoms with van der Waals surface area (Å²) in [5, 5.41) is 20.3. The quantitative estimate of drug-likeness (QED) is 0.491. The molecule has 1 aromatic rings. The summed E-state index contributed by atoms with van der Waals surface area (Å²) in [5.74, 6) is -3.03. The Morgan fingerprint density at radius 1 is 1.35 bits per heavy atom. The van der Waals surface area contributed by atoms with Crippen LogP contribution in [0.3, 0.4) is 0 Å². The molecule has 9 heteroatoms. The number of carbonyl (C=O) groups excluding carboxylic acids is 2. The highest BCUT2D eigenvalue weighted by molar-refractivity contribution is 6.31. The molecule has 4 N–H and O–H groups in total. The van der Waals surface area contributed by atoms with Crippen LogP contribution in [0, 0.1) is 11.5 Å². The van der Waals surface area contributed by atoms with Gasteiger partial charge < -0.3 is 15.7 Å².